The first-order valence-electron chi connectivity index (χ1n) is 7.69. The Morgan fingerprint density at radius 2 is 1.96 bits per heavy atom. The topological polar surface area (TPSA) is 123 Å². The number of nitro benzene ring substituents is 1. The Morgan fingerprint density at radius 1 is 1.19 bits per heavy atom. The summed E-state index contributed by atoms with van der Waals surface area (Å²) in [6.45, 7) is 1.41. The minimum absolute atomic E-state index is 0.0713. The average Bonchev–Trinajstić information content (AvgIpc) is 3.01. The second-order valence-corrected chi connectivity index (χ2v) is 6.51. The fraction of sp³-hybridized carbons (Fsp3) is 0.118. The van der Waals surface area contributed by atoms with Gasteiger partial charge in [0.1, 0.15) is 0 Å². The van der Waals surface area contributed by atoms with Crippen LogP contribution in [0, 0.1) is 10.1 Å². The van der Waals surface area contributed by atoms with Gasteiger partial charge in [0.15, 0.2) is 10.9 Å². The lowest BCUT2D eigenvalue weighted by Gasteiger charge is -2.04. The van der Waals surface area contributed by atoms with Crippen molar-refractivity contribution in [1.82, 2.24) is 4.98 Å². The van der Waals surface area contributed by atoms with Crippen LogP contribution in [0.4, 0.5) is 16.5 Å². The highest BCUT2D eigenvalue weighted by atomic mass is 32.1. The summed E-state index contributed by atoms with van der Waals surface area (Å²) in [6, 6.07) is 9.14. The van der Waals surface area contributed by atoms with Gasteiger partial charge in [-0.25, -0.2) is 4.98 Å². The summed E-state index contributed by atoms with van der Waals surface area (Å²) in [7, 11) is 1.32. The van der Waals surface area contributed by atoms with E-state index in [9.17, 15) is 19.7 Å². The average molecular weight is 386 g/mol. The lowest BCUT2D eigenvalue weighted by atomic mass is 10.2. The highest BCUT2D eigenvalue weighted by Crippen LogP contribution is 2.30. The molecule has 2 amide bonds. The third-order valence-corrected chi connectivity index (χ3v) is 4.50. The van der Waals surface area contributed by atoms with Crippen molar-refractivity contribution in [1.29, 1.82) is 0 Å². The van der Waals surface area contributed by atoms with E-state index >= 15 is 0 Å². The molecule has 0 aliphatic rings. The maximum atomic E-state index is 12.4. The molecule has 0 unspecified atom stereocenters. The summed E-state index contributed by atoms with van der Waals surface area (Å²) in [6.07, 6.45) is 0. The van der Waals surface area contributed by atoms with Crippen LogP contribution < -0.4 is 15.4 Å². The largest absolute Gasteiger partial charge is 0.490 e. The third kappa shape index (κ3) is 4.01. The standard InChI is InChI=1S/C17H14N4O5S/c1-9(22)18-11-4-5-12-15(8-11)27-17(19-12)20-16(23)10-3-6-14(26-2)13(7-10)21(24)25/h3-8H,1-2H3,(H,18,22)(H,19,20,23). The number of benzene rings is 2. The number of nitro groups is 1. The molecule has 0 spiro atoms. The normalized spacial score (nSPS) is 10.4. The zero-order valence-electron chi connectivity index (χ0n) is 14.3. The number of methoxy groups -OCH3 is 1. The number of hydrogen-bond acceptors (Lipinski definition) is 7. The quantitative estimate of drug-likeness (QED) is 0.511. The molecule has 0 atom stereocenters. The number of nitrogens with one attached hydrogen (secondary N) is 2. The van der Waals surface area contributed by atoms with Crippen LogP contribution in [0.1, 0.15) is 17.3 Å². The molecule has 138 valence electrons. The number of thiazole rings is 1. The SMILES string of the molecule is COc1ccc(C(=O)Nc2nc3ccc(NC(C)=O)cc3s2)cc1[N+](=O)[O-]. The van der Waals surface area contributed by atoms with Crippen LogP contribution in [0.5, 0.6) is 5.75 Å². The van der Waals surface area contributed by atoms with Crippen LogP contribution in [0.3, 0.4) is 0 Å². The lowest BCUT2D eigenvalue weighted by Crippen LogP contribution is -2.12. The maximum absolute atomic E-state index is 12.4. The summed E-state index contributed by atoms with van der Waals surface area (Å²) in [5.74, 6) is -0.641. The van der Waals surface area contributed by atoms with Gasteiger partial charge in [-0.1, -0.05) is 11.3 Å². The maximum Gasteiger partial charge on any atom is 0.311 e. The first-order chi connectivity index (χ1) is 12.9. The molecular formula is C17H14N4O5S. The van der Waals surface area contributed by atoms with Crippen LogP contribution in [-0.4, -0.2) is 28.8 Å². The lowest BCUT2D eigenvalue weighted by molar-refractivity contribution is -0.385. The Balaban J connectivity index is 1.84. The van der Waals surface area contributed by atoms with E-state index < -0.39 is 10.8 Å². The number of aromatic nitrogens is 1. The second-order valence-electron chi connectivity index (χ2n) is 5.48. The number of nitrogens with zero attached hydrogens (tertiary/aromatic N) is 2. The molecule has 0 aliphatic heterocycles. The predicted octanol–water partition coefficient (Wildman–Crippen LogP) is 3.42. The zero-order valence-corrected chi connectivity index (χ0v) is 15.1. The molecule has 0 saturated carbocycles. The van der Waals surface area contributed by atoms with E-state index in [1.165, 1.54) is 37.5 Å². The van der Waals surface area contributed by atoms with E-state index in [1.807, 2.05) is 0 Å². The van der Waals surface area contributed by atoms with Crippen LogP contribution in [0.15, 0.2) is 36.4 Å². The first kappa shape index (κ1) is 18.3. The second kappa shape index (κ2) is 7.38. The molecule has 1 aromatic heterocycles. The third-order valence-electron chi connectivity index (χ3n) is 3.57. The summed E-state index contributed by atoms with van der Waals surface area (Å²) in [5.41, 5.74) is 1.10. The van der Waals surface area contributed by atoms with Gasteiger partial charge in [0.05, 0.1) is 22.2 Å². The monoisotopic (exact) mass is 386 g/mol. The van der Waals surface area contributed by atoms with E-state index in [-0.39, 0.29) is 22.9 Å². The number of rotatable bonds is 5. The number of ether oxygens (including phenoxy) is 1. The van der Waals surface area contributed by atoms with Gasteiger partial charge in [0.2, 0.25) is 5.91 Å². The molecule has 10 heteroatoms. The minimum atomic E-state index is -0.614. The molecule has 2 aromatic carbocycles. The zero-order chi connectivity index (χ0) is 19.6. The fourth-order valence-electron chi connectivity index (χ4n) is 2.40. The van der Waals surface area contributed by atoms with Crippen LogP contribution in [0.2, 0.25) is 0 Å². The Kier molecular flexibility index (Phi) is 4.99. The Labute approximate surface area is 157 Å². The minimum Gasteiger partial charge on any atom is -0.490 e. The molecule has 3 aromatic rings. The number of carbonyl (C=O) groups excluding carboxylic acids is 2. The van der Waals surface area contributed by atoms with Gasteiger partial charge in [-0.15, -0.1) is 0 Å². The predicted molar refractivity (Wildman–Crippen MR) is 102 cm³/mol. The van der Waals surface area contributed by atoms with E-state index in [4.69, 9.17) is 4.74 Å². The van der Waals surface area contributed by atoms with Crippen LogP contribution >= 0.6 is 11.3 Å². The van der Waals surface area contributed by atoms with Gasteiger partial charge in [-0.3, -0.25) is 25.0 Å². The van der Waals surface area contributed by atoms with E-state index in [0.29, 0.717) is 16.3 Å². The Hall–Kier alpha value is -3.53. The van der Waals surface area contributed by atoms with E-state index in [1.54, 1.807) is 18.2 Å². The first-order valence-corrected chi connectivity index (χ1v) is 8.51. The van der Waals surface area contributed by atoms with Crippen molar-refractivity contribution in [3.63, 3.8) is 0 Å². The van der Waals surface area contributed by atoms with Crippen molar-refractivity contribution in [3.05, 3.63) is 52.1 Å². The van der Waals surface area contributed by atoms with Crippen molar-refractivity contribution < 1.29 is 19.2 Å². The Bertz CT molecular complexity index is 1060. The smallest absolute Gasteiger partial charge is 0.311 e. The van der Waals surface area contributed by atoms with Gasteiger partial charge in [0, 0.05) is 24.2 Å². The van der Waals surface area contributed by atoms with E-state index in [2.05, 4.69) is 15.6 Å². The highest BCUT2D eigenvalue weighted by molar-refractivity contribution is 7.22. The molecule has 0 saturated heterocycles. The molecule has 1 heterocycles. The van der Waals surface area contributed by atoms with Crippen molar-refractivity contribution in [2.45, 2.75) is 6.92 Å². The van der Waals surface area contributed by atoms with Crippen molar-refractivity contribution in [2.24, 2.45) is 0 Å². The highest BCUT2D eigenvalue weighted by Gasteiger charge is 2.19. The molecule has 9 nitrogen and oxygen atoms in total. The van der Waals surface area contributed by atoms with E-state index in [0.717, 1.165) is 10.8 Å². The van der Waals surface area contributed by atoms with Gasteiger partial charge in [-0.2, -0.15) is 0 Å². The van der Waals surface area contributed by atoms with Gasteiger partial charge >= 0.3 is 5.69 Å². The molecule has 0 radical (unpaired) electrons. The summed E-state index contributed by atoms with van der Waals surface area (Å²) >= 11 is 1.23. The molecule has 3 rings (SSSR count). The van der Waals surface area contributed by atoms with Crippen LogP contribution in [0.25, 0.3) is 10.2 Å². The number of carbonyl (C=O) groups is 2. The number of amides is 2. The molecule has 27 heavy (non-hydrogen) atoms. The molecule has 0 bridgehead atoms. The summed E-state index contributed by atoms with van der Waals surface area (Å²) in [5, 5.41) is 16.7. The van der Waals surface area contributed by atoms with Crippen LogP contribution in [-0.2, 0) is 4.79 Å². The summed E-state index contributed by atoms with van der Waals surface area (Å²) in [4.78, 5) is 38.3. The molecular weight excluding hydrogens is 372 g/mol. The number of fused-ring (bicyclic) bond motifs is 1. The van der Waals surface area contributed by atoms with Gasteiger partial charge in [0.25, 0.3) is 5.91 Å². The fourth-order valence-corrected chi connectivity index (χ4v) is 3.30. The summed E-state index contributed by atoms with van der Waals surface area (Å²) < 4.78 is 5.70. The molecule has 0 aliphatic carbocycles. The van der Waals surface area contributed by atoms with Crippen molar-refractivity contribution >= 4 is 49.9 Å². The van der Waals surface area contributed by atoms with Gasteiger partial charge < -0.3 is 10.1 Å². The Morgan fingerprint density at radius 3 is 2.63 bits per heavy atom. The van der Waals surface area contributed by atoms with Gasteiger partial charge in [-0.05, 0) is 30.3 Å². The molecule has 2 N–H and O–H groups in total. The van der Waals surface area contributed by atoms with Crippen molar-refractivity contribution in [3.8, 4) is 5.75 Å². The molecule has 0 fully saturated rings. The number of hydrogen-bond donors (Lipinski definition) is 2. The number of anilines is 2. The van der Waals surface area contributed by atoms with Crippen molar-refractivity contribution in [2.75, 3.05) is 17.7 Å².